The second-order valence-electron chi connectivity index (χ2n) is 3.38. The Balaban J connectivity index is 2.44. The van der Waals surface area contributed by atoms with E-state index >= 15 is 0 Å². The molecular weight excluding hydrogens is 122 g/mol. The van der Waals surface area contributed by atoms with Crippen molar-refractivity contribution in [3.8, 4) is 0 Å². The van der Waals surface area contributed by atoms with Crippen LogP contribution in [0, 0.1) is 5.41 Å². The first-order valence-corrected chi connectivity index (χ1v) is 4.46. The lowest BCUT2D eigenvalue weighted by molar-refractivity contribution is 0.183. The minimum atomic E-state index is 0.668. The quantitative estimate of drug-likeness (QED) is 0.558. The van der Waals surface area contributed by atoms with E-state index < -0.39 is 0 Å². The van der Waals surface area contributed by atoms with Gasteiger partial charge in [0.15, 0.2) is 0 Å². The predicted octanol–water partition coefficient (Wildman–Crippen LogP) is 2.19. The summed E-state index contributed by atoms with van der Waals surface area (Å²) in [5.74, 6) is 0. The Labute approximate surface area is 64.2 Å². The highest BCUT2D eigenvalue weighted by Crippen LogP contribution is 2.35. The van der Waals surface area contributed by atoms with Gasteiger partial charge in [0.1, 0.15) is 0 Å². The van der Waals surface area contributed by atoms with Crippen LogP contribution in [0.5, 0.6) is 0 Å². The van der Waals surface area contributed by atoms with Crippen molar-refractivity contribution in [3.05, 3.63) is 0 Å². The molecule has 10 heavy (non-hydrogen) atoms. The Kier molecular flexibility index (Phi) is 2.72. The van der Waals surface area contributed by atoms with Crippen LogP contribution in [0.25, 0.3) is 0 Å². The summed E-state index contributed by atoms with van der Waals surface area (Å²) in [7, 11) is 0. The van der Waals surface area contributed by atoms with Gasteiger partial charge in [-0.2, -0.15) is 0 Å². The lowest BCUT2D eigenvalue weighted by atomic mass is 9.75. The van der Waals surface area contributed by atoms with E-state index in [1.54, 1.807) is 0 Å². The summed E-state index contributed by atoms with van der Waals surface area (Å²) in [5, 5.41) is 4.37. The zero-order chi connectivity index (χ0) is 7.45. The number of hydrogen-bond acceptors (Lipinski definition) is 0. The Morgan fingerprint density at radius 3 is 1.90 bits per heavy atom. The van der Waals surface area contributed by atoms with Crippen LogP contribution in [-0.2, 0) is 0 Å². The maximum atomic E-state index is 4.37. The molecule has 1 rings (SSSR count). The van der Waals surface area contributed by atoms with Crippen molar-refractivity contribution in [2.24, 2.45) is 5.41 Å². The number of hydrogen-bond donors (Lipinski definition) is 0. The maximum absolute atomic E-state index is 4.37. The molecule has 1 radical (unpaired) electrons. The van der Waals surface area contributed by atoms with E-state index in [1.165, 1.54) is 25.7 Å². The highest BCUT2D eigenvalue weighted by atomic mass is 14.9. The van der Waals surface area contributed by atoms with Gasteiger partial charge in [0.2, 0.25) is 0 Å². The van der Waals surface area contributed by atoms with Gasteiger partial charge in [-0.05, 0) is 18.3 Å². The summed E-state index contributed by atoms with van der Waals surface area (Å²) in [5.41, 5.74) is 0.668. The molecule has 1 saturated heterocycles. The monoisotopic (exact) mass is 140 g/mol. The van der Waals surface area contributed by atoms with Gasteiger partial charge in [0, 0.05) is 13.1 Å². The van der Waals surface area contributed by atoms with Crippen LogP contribution in [-0.4, -0.2) is 13.1 Å². The van der Waals surface area contributed by atoms with E-state index in [9.17, 15) is 0 Å². The molecule has 1 aliphatic heterocycles. The molecule has 0 aromatic rings. The molecule has 0 N–H and O–H groups in total. The standard InChI is InChI=1S/C9H18N/c1-3-9(4-2)5-7-10-8-6-9/h3-8H2,1-2H3. The van der Waals surface area contributed by atoms with Crippen LogP contribution in [0.3, 0.4) is 0 Å². The normalized spacial score (nSPS) is 24.6. The molecular formula is C9H18N. The molecule has 1 heteroatoms. The fraction of sp³-hybridized carbons (Fsp3) is 1.00. The molecule has 0 bridgehead atoms. The first-order chi connectivity index (χ1) is 4.83. The second-order valence-corrected chi connectivity index (χ2v) is 3.38. The lowest BCUT2D eigenvalue weighted by Crippen LogP contribution is -2.32. The van der Waals surface area contributed by atoms with Gasteiger partial charge in [-0.15, -0.1) is 0 Å². The average molecular weight is 140 g/mol. The molecule has 1 aliphatic rings. The van der Waals surface area contributed by atoms with Gasteiger partial charge < -0.3 is 0 Å². The maximum Gasteiger partial charge on any atom is 0.0138 e. The Morgan fingerprint density at radius 1 is 1.10 bits per heavy atom. The zero-order valence-electron chi connectivity index (χ0n) is 7.19. The highest BCUT2D eigenvalue weighted by molar-refractivity contribution is 4.81. The molecule has 0 saturated carbocycles. The number of nitrogens with zero attached hydrogens (tertiary/aromatic N) is 1. The van der Waals surface area contributed by atoms with E-state index in [0.717, 1.165) is 13.1 Å². The molecule has 0 aromatic carbocycles. The van der Waals surface area contributed by atoms with Crippen LogP contribution < -0.4 is 5.32 Å². The molecule has 0 spiro atoms. The van der Waals surface area contributed by atoms with Crippen LogP contribution >= 0.6 is 0 Å². The van der Waals surface area contributed by atoms with Crippen molar-refractivity contribution in [2.75, 3.05) is 13.1 Å². The smallest absolute Gasteiger partial charge is 0.0138 e. The van der Waals surface area contributed by atoms with Crippen molar-refractivity contribution in [1.29, 1.82) is 0 Å². The minimum Gasteiger partial charge on any atom is -0.242 e. The van der Waals surface area contributed by atoms with E-state index in [0.29, 0.717) is 5.41 Å². The Hall–Kier alpha value is -0.0400. The van der Waals surface area contributed by atoms with Crippen LogP contribution in [0.1, 0.15) is 39.5 Å². The first kappa shape index (κ1) is 8.06. The Bertz CT molecular complexity index is 86.9. The molecule has 59 valence electrons. The van der Waals surface area contributed by atoms with Gasteiger partial charge >= 0.3 is 0 Å². The summed E-state index contributed by atoms with van der Waals surface area (Å²) in [6.45, 7) is 6.85. The molecule has 0 unspecified atom stereocenters. The average Bonchev–Trinajstić information content (AvgIpc) is 2.06. The van der Waals surface area contributed by atoms with E-state index in [-0.39, 0.29) is 0 Å². The lowest BCUT2D eigenvalue weighted by Gasteiger charge is -2.35. The fourth-order valence-corrected chi connectivity index (χ4v) is 1.83. The van der Waals surface area contributed by atoms with E-state index in [2.05, 4.69) is 19.2 Å². The van der Waals surface area contributed by atoms with E-state index in [1.807, 2.05) is 0 Å². The van der Waals surface area contributed by atoms with Crippen molar-refractivity contribution >= 4 is 0 Å². The third-order valence-corrected chi connectivity index (χ3v) is 3.10. The molecule has 0 amide bonds. The number of rotatable bonds is 2. The van der Waals surface area contributed by atoms with Crippen molar-refractivity contribution < 1.29 is 0 Å². The second kappa shape index (κ2) is 3.38. The van der Waals surface area contributed by atoms with Gasteiger partial charge in [-0.1, -0.05) is 26.7 Å². The van der Waals surface area contributed by atoms with Crippen LogP contribution in [0.2, 0.25) is 0 Å². The predicted molar refractivity (Wildman–Crippen MR) is 44.1 cm³/mol. The first-order valence-electron chi connectivity index (χ1n) is 4.46. The molecule has 0 aromatic heterocycles. The largest absolute Gasteiger partial charge is 0.242 e. The minimum absolute atomic E-state index is 0.668. The van der Waals surface area contributed by atoms with Gasteiger partial charge in [0.05, 0.1) is 0 Å². The molecule has 1 heterocycles. The van der Waals surface area contributed by atoms with Gasteiger partial charge in [-0.3, -0.25) is 0 Å². The molecule has 0 atom stereocenters. The molecule has 1 nitrogen and oxygen atoms in total. The highest BCUT2D eigenvalue weighted by Gasteiger charge is 2.27. The zero-order valence-corrected chi connectivity index (χ0v) is 7.19. The summed E-state index contributed by atoms with van der Waals surface area (Å²) < 4.78 is 0. The molecule has 0 aliphatic carbocycles. The topological polar surface area (TPSA) is 14.1 Å². The van der Waals surface area contributed by atoms with Crippen LogP contribution in [0.4, 0.5) is 0 Å². The van der Waals surface area contributed by atoms with Crippen molar-refractivity contribution in [3.63, 3.8) is 0 Å². The Morgan fingerprint density at radius 2 is 1.60 bits per heavy atom. The van der Waals surface area contributed by atoms with E-state index in [4.69, 9.17) is 0 Å². The summed E-state index contributed by atoms with van der Waals surface area (Å²) in [6.07, 6.45) is 5.36. The summed E-state index contributed by atoms with van der Waals surface area (Å²) in [4.78, 5) is 0. The summed E-state index contributed by atoms with van der Waals surface area (Å²) in [6, 6.07) is 0. The number of piperidine rings is 1. The third-order valence-electron chi connectivity index (χ3n) is 3.10. The fourth-order valence-electron chi connectivity index (χ4n) is 1.83. The van der Waals surface area contributed by atoms with Crippen LogP contribution in [0.15, 0.2) is 0 Å². The molecule has 1 fully saturated rings. The van der Waals surface area contributed by atoms with Crippen molar-refractivity contribution in [1.82, 2.24) is 5.32 Å². The van der Waals surface area contributed by atoms with Gasteiger partial charge in [0.25, 0.3) is 0 Å². The van der Waals surface area contributed by atoms with Gasteiger partial charge in [-0.25, -0.2) is 5.32 Å². The van der Waals surface area contributed by atoms with Crippen molar-refractivity contribution in [2.45, 2.75) is 39.5 Å². The third kappa shape index (κ3) is 1.51. The summed E-state index contributed by atoms with van der Waals surface area (Å²) >= 11 is 0. The SMILES string of the molecule is CCC1(CC)CC[N]CC1.